The van der Waals surface area contributed by atoms with Gasteiger partial charge < -0.3 is 5.32 Å². The normalized spacial score (nSPS) is 11.3. The zero-order valence-corrected chi connectivity index (χ0v) is 14.3. The molecule has 7 heteroatoms. The van der Waals surface area contributed by atoms with E-state index in [-0.39, 0.29) is 11.4 Å². The Morgan fingerprint density at radius 2 is 1.78 bits per heavy atom. The number of aryl methyl sites for hydroxylation is 2. The first kappa shape index (κ1) is 17.5. The van der Waals surface area contributed by atoms with Crippen LogP contribution >= 0.6 is 11.6 Å². The predicted octanol–water partition coefficient (Wildman–Crippen LogP) is 2.87. The third kappa shape index (κ3) is 4.54. The molecule has 0 atom stereocenters. The molecule has 0 saturated carbocycles. The van der Waals surface area contributed by atoms with Gasteiger partial charge in [-0.15, -0.1) is 0 Å². The molecule has 2 N–H and O–H groups in total. The Kier molecular flexibility index (Phi) is 5.41. The summed E-state index contributed by atoms with van der Waals surface area (Å²) in [4.78, 5) is 12.0. The summed E-state index contributed by atoms with van der Waals surface area (Å²) in [5, 5.41) is 3.13. The molecule has 0 aliphatic rings. The second-order valence-corrected chi connectivity index (χ2v) is 7.24. The molecule has 0 unspecified atom stereocenters. The van der Waals surface area contributed by atoms with Crippen molar-refractivity contribution in [1.29, 1.82) is 0 Å². The number of carbonyl (C=O) groups is 1. The van der Waals surface area contributed by atoms with Gasteiger partial charge in [0.25, 0.3) is 0 Å². The molecule has 0 aromatic heterocycles. The van der Waals surface area contributed by atoms with E-state index >= 15 is 0 Å². The number of anilines is 1. The fourth-order valence-corrected chi connectivity index (χ4v) is 3.38. The molecule has 5 nitrogen and oxygen atoms in total. The van der Waals surface area contributed by atoms with Crippen molar-refractivity contribution in [1.82, 2.24) is 4.72 Å². The lowest BCUT2D eigenvalue weighted by atomic mass is 10.2. The lowest BCUT2D eigenvalue weighted by molar-refractivity contribution is -0.115. The first-order valence-electron chi connectivity index (χ1n) is 6.91. The Labute approximate surface area is 140 Å². The van der Waals surface area contributed by atoms with E-state index in [9.17, 15) is 13.2 Å². The summed E-state index contributed by atoms with van der Waals surface area (Å²) in [6.45, 7) is 3.19. The van der Waals surface area contributed by atoms with Gasteiger partial charge in [-0.2, -0.15) is 0 Å². The topological polar surface area (TPSA) is 75.3 Å². The molecule has 0 spiro atoms. The highest BCUT2D eigenvalue weighted by Gasteiger charge is 2.17. The number of halogens is 1. The van der Waals surface area contributed by atoms with Crippen LogP contribution in [0.4, 0.5) is 5.69 Å². The van der Waals surface area contributed by atoms with E-state index in [0.29, 0.717) is 16.3 Å². The van der Waals surface area contributed by atoms with Gasteiger partial charge in [0, 0.05) is 10.7 Å². The summed E-state index contributed by atoms with van der Waals surface area (Å²) in [7, 11) is -3.73. The van der Waals surface area contributed by atoms with Crippen LogP contribution in [0.1, 0.15) is 11.1 Å². The van der Waals surface area contributed by atoms with Crippen molar-refractivity contribution in [3.63, 3.8) is 0 Å². The summed E-state index contributed by atoms with van der Waals surface area (Å²) in [6.07, 6.45) is 0. The molecule has 2 aromatic carbocycles. The van der Waals surface area contributed by atoms with Crippen molar-refractivity contribution in [3.05, 3.63) is 58.6 Å². The van der Waals surface area contributed by atoms with Crippen LogP contribution < -0.4 is 10.0 Å². The monoisotopic (exact) mass is 352 g/mol. The molecule has 122 valence electrons. The summed E-state index contributed by atoms with van der Waals surface area (Å²) in [5.41, 5.74) is 2.02. The van der Waals surface area contributed by atoms with Gasteiger partial charge in [-0.25, -0.2) is 13.1 Å². The van der Waals surface area contributed by atoms with E-state index < -0.39 is 15.9 Å². The van der Waals surface area contributed by atoms with E-state index in [2.05, 4.69) is 10.0 Å². The molecule has 0 fully saturated rings. The Morgan fingerprint density at radius 1 is 1.09 bits per heavy atom. The van der Waals surface area contributed by atoms with Crippen LogP contribution in [0, 0.1) is 13.8 Å². The summed E-state index contributed by atoms with van der Waals surface area (Å²) in [6, 6.07) is 11.7. The fraction of sp³-hybridized carbons (Fsp3) is 0.188. The minimum atomic E-state index is -3.73. The number of benzene rings is 2. The van der Waals surface area contributed by atoms with Crippen LogP contribution in [0.25, 0.3) is 0 Å². The van der Waals surface area contributed by atoms with E-state index in [1.165, 1.54) is 6.07 Å². The maximum absolute atomic E-state index is 12.2. The molecule has 0 aliphatic heterocycles. The lowest BCUT2D eigenvalue weighted by Crippen LogP contribution is -2.33. The average molecular weight is 353 g/mol. The Hall–Kier alpha value is -1.89. The summed E-state index contributed by atoms with van der Waals surface area (Å²) >= 11 is 5.98. The van der Waals surface area contributed by atoms with Gasteiger partial charge >= 0.3 is 0 Å². The summed E-state index contributed by atoms with van der Waals surface area (Å²) in [5.74, 6) is -0.470. The Balaban J connectivity index is 2.01. The zero-order valence-electron chi connectivity index (χ0n) is 12.8. The van der Waals surface area contributed by atoms with Gasteiger partial charge in [0.15, 0.2) is 0 Å². The standard InChI is InChI=1S/C16H17ClN2O3S/c1-11-7-8-13(9-14(11)17)19-16(20)10-18-23(21,22)15-6-4-3-5-12(15)2/h3-9,18H,10H2,1-2H3,(H,19,20). The van der Waals surface area contributed by atoms with Gasteiger partial charge in [0.2, 0.25) is 15.9 Å². The number of amides is 1. The smallest absolute Gasteiger partial charge is 0.241 e. The van der Waals surface area contributed by atoms with Gasteiger partial charge in [0.1, 0.15) is 0 Å². The Morgan fingerprint density at radius 3 is 2.43 bits per heavy atom. The van der Waals surface area contributed by atoms with Crippen LogP contribution in [0.15, 0.2) is 47.4 Å². The molecule has 1 amide bonds. The van der Waals surface area contributed by atoms with E-state index in [1.54, 1.807) is 43.3 Å². The molecule has 0 saturated heterocycles. The number of hydrogen-bond acceptors (Lipinski definition) is 3. The van der Waals surface area contributed by atoms with Gasteiger partial charge in [0.05, 0.1) is 11.4 Å². The molecule has 23 heavy (non-hydrogen) atoms. The lowest BCUT2D eigenvalue weighted by Gasteiger charge is -2.10. The van der Waals surface area contributed by atoms with Gasteiger partial charge in [-0.1, -0.05) is 35.9 Å². The van der Waals surface area contributed by atoms with Crippen molar-refractivity contribution in [2.75, 3.05) is 11.9 Å². The van der Waals surface area contributed by atoms with E-state index in [0.717, 1.165) is 5.56 Å². The number of rotatable bonds is 5. The highest BCUT2D eigenvalue weighted by molar-refractivity contribution is 7.89. The molecule has 0 radical (unpaired) electrons. The van der Waals surface area contributed by atoms with Crippen molar-refractivity contribution in [2.24, 2.45) is 0 Å². The summed E-state index contributed by atoms with van der Waals surface area (Å²) < 4.78 is 26.7. The predicted molar refractivity (Wildman–Crippen MR) is 91.2 cm³/mol. The quantitative estimate of drug-likeness (QED) is 0.868. The number of nitrogens with one attached hydrogen (secondary N) is 2. The number of sulfonamides is 1. The average Bonchev–Trinajstić information content (AvgIpc) is 2.49. The van der Waals surface area contributed by atoms with Crippen LogP contribution in [-0.4, -0.2) is 20.9 Å². The SMILES string of the molecule is Cc1ccc(NC(=O)CNS(=O)(=O)c2ccccc2C)cc1Cl. The maximum Gasteiger partial charge on any atom is 0.241 e. The van der Waals surface area contributed by atoms with Gasteiger partial charge in [-0.05, 0) is 43.2 Å². The molecule has 2 aromatic rings. The molecule has 0 aliphatic carbocycles. The minimum Gasteiger partial charge on any atom is -0.325 e. The number of hydrogen-bond donors (Lipinski definition) is 2. The minimum absolute atomic E-state index is 0.159. The molecule has 0 bridgehead atoms. The van der Waals surface area contributed by atoms with Crippen molar-refractivity contribution < 1.29 is 13.2 Å². The molecular weight excluding hydrogens is 336 g/mol. The van der Waals surface area contributed by atoms with E-state index in [4.69, 9.17) is 11.6 Å². The van der Waals surface area contributed by atoms with E-state index in [1.807, 2.05) is 6.92 Å². The van der Waals surface area contributed by atoms with Crippen LogP contribution in [0.5, 0.6) is 0 Å². The first-order valence-corrected chi connectivity index (χ1v) is 8.77. The third-order valence-electron chi connectivity index (χ3n) is 3.26. The highest BCUT2D eigenvalue weighted by atomic mass is 35.5. The zero-order chi connectivity index (χ0) is 17.0. The second kappa shape index (κ2) is 7.12. The van der Waals surface area contributed by atoms with Crippen molar-refractivity contribution in [2.45, 2.75) is 18.7 Å². The first-order chi connectivity index (χ1) is 10.8. The maximum atomic E-state index is 12.2. The van der Waals surface area contributed by atoms with Crippen molar-refractivity contribution >= 4 is 33.2 Å². The molecule has 0 heterocycles. The Bertz CT molecular complexity index is 835. The largest absolute Gasteiger partial charge is 0.325 e. The van der Waals surface area contributed by atoms with Crippen molar-refractivity contribution in [3.8, 4) is 0 Å². The highest BCUT2D eigenvalue weighted by Crippen LogP contribution is 2.20. The molecular formula is C16H17ClN2O3S. The van der Waals surface area contributed by atoms with Gasteiger partial charge in [-0.3, -0.25) is 4.79 Å². The van der Waals surface area contributed by atoms with Crippen LogP contribution in [0.2, 0.25) is 5.02 Å². The van der Waals surface area contributed by atoms with Crippen LogP contribution in [-0.2, 0) is 14.8 Å². The van der Waals surface area contributed by atoms with Crippen LogP contribution in [0.3, 0.4) is 0 Å². The third-order valence-corrected chi connectivity index (χ3v) is 5.23. The molecule has 2 rings (SSSR count). The second-order valence-electron chi connectivity index (χ2n) is 5.10. The number of carbonyl (C=O) groups excluding carboxylic acids is 1. The fourth-order valence-electron chi connectivity index (χ4n) is 1.97.